The lowest BCUT2D eigenvalue weighted by Crippen LogP contribution is -2.14. The third-order valence-corrected chi connectivity index (χ3v) is 0.826. The molecule has 1 nitrogen and oxygen atoms in total. The number of hydrogen-bond acceptors (Lipinski definition) is 1. The predicted molar refractivity (Wildman–Crippen MR) is 54.3 cm³/mol. The van der Waals surface area contributed by atoms with Gasteiger partial charge in [0, 0.05) is 0 Å². The van der Waals surface area contributed by atoms with E-state index in [-0.39, 0.29) is 5.88 Å². The van der Waals surface area contributed by atoms with Crippen molar-refractivity contribution < 1.29 is 5.11 Å². The summed E-state index contributed by atoms with van der Waals surface area (Å²) in [6.07, 6.45) is 4.65. The molecule has 0 aliphatic carbocycles. The van der Waals surface area contributed by atoms with Crippen molar-refractivity contribution in [3.8, 4) is 24.2 Å². The Bertz CT molecular complexity index is 187. The van der Waals surface area contributed by atoms with Crippen LogP contribution < -0.4 is 0 Å². The Hall–Kier alpha value is -0.340. The molecule has 0 saturated heterocycles. The number of rotatable bonds is 0. The molecule has 0 spiro atoms. The third-order valence-electron chi connectivity index (χ3n) is 0.538. The van der Waals surface area contributed by atoms with Crippen LogP contribution in [0, 0.1) is 24.2 Å². The average molecular weight is 207 g/mol. The highest BCUT2D eigenvalue weighted by atomic mass is 35.5. The number of terminal acetylenes is 1. The molecule has 0 aromatic heterocycles. The van der Waals surface area contributed by atoms with Crippen LogP contribution >= 0.6 is 23.2 Å². The number of halogens is 2. The van der Waals surface area contributed by atoms with Gasteiger partial charge in [0.2, 0.25) is 0 Å². The van der Waals surface area contributed by atoms with Crippen LogP contribution in [0.3, 0.4) is 0 Å². The zero-order chi connectivity index (χ0) is 10.0. The van der Waals surface area contributed by atoms with Crippen LogP contribution in [-0.2, 0) is 0 Å². The Kier molecular flexibility index (Phi) is 10.4. The SMILES string of the molecule is C#CCCl.CC(C)(O)C#CCCl. The molecule has 0 atom stereocenters. The Labute approximate surface area is 84.1 Å². The highest BCUT2D eigenvalue weighted by Gasteiger charge is 2.04. The van der Waals surface area contributed by atoms with Crippen LogP contribution in [0.25, 0.3) is 0 Å². The smallest absolute Gasteiger partial charge is 0.120 e. The molecule has 0 saturated carbocycles. The summed E-state index contributed by atoms with van der Waals surface area (Å²) in [5.41, 5.74) is -0.894. The van der Waals surface area contributed by atoms with E-state index in [4.69, 9.17) is 28.3 Å². The lowest BCUT2D eigenvalue weighted by molar-refractivity contribution is 0.143. The minimum Gasteiger partial charge on any atom is -0.378 e. The lowest BCUT2D eigenvalue weighted by atomic mass is 10.1. The first-order valence-electron chi connectivity index (χ1n) is 3.25. The topological polar surface area (TPSA) is 20.2 Å². The van der Waals surface area contributed by atoms with Crippen molar-refractivity contribution >= 4 is 23.2 Å². The molecule has 0 aliphatic rings. The molecule has 0 amide bonds. The number of hydrogen-bond donors (Lipinski definition) is 1. The van der Waals surface area contributed by atoms with E-state index in [0.29, 0.717) is 5.88 Å². The highest BCUT2D eigenvalue weighted by molar-refractivity contribution is 6.19. The molecule has 3 heteroatoms. The van der Waals surface area contributed by atoms with Crippen LogP contribution in [0.4, 0.5) is 0 Å². The molecule has 68 valence electrons. The molecule has 0 fully saturated rings. The van der Waals surface area contributed by atoms with Crippen molar-refractivity contribution in [1.82, 2.24) is 0 Å². The highest BCUT2D eigenvalue weighted by Crippen LogP contribution is 1.95. The summed E-state index contributed by atoms with van der Waals surface area (Å²) in [5.74, 6) is 7.90. The van der Waals surface area contributed by atoms with E-state index in [0.717, 1.165) is 0 Å². The van der Waals surface area contributed by atoms with Gasteiger partial charge in [-0.25, -0.2) is 0 Å². The molecule has 0 bridgehead atoms. The number of aliphatic hydroxyl groups is 1. The fraction of sp³-hybridized carbons (Fsp3) is 0.556. The molecule has 0 rings (SSSR count). The zero-order valence-corrected chi connectivity index (χ0v) is 8.71. The Morgan fingerprint density at radius 1 is 1.33 bits per heavy atom. The summed E-state index contributed by atoms with van der Waals surface area (Å²) >= 11 is 10.2. The molecule has 0 aromatic carbocycles. The number of alkyl halides is 2. The van der Waals surface area contributed by atoms with E-state index in [1.807, 2.05) is 0 Å². The minimum absolute atomic E-state index is 0.282. The van der Waals surface area contributed by atoms with Gasteiger partial charge in [0.25, 0.3) is 0 Å². The van der Waals surface area contributed by atoms with Crippen molar-refractivity contribution in [3.63, 3.8) is 0 Å². The Balaban J connectivity index is 0. The Morgan fingerprint density at radius 3 is 1.83 bits per heavy atom. The van der Waals surface area contributed by atoms with Crippen LogP contribution in [-0.4, -0.2) is 22.5 Å². The molecule has 0 aromatic rings. The van der Waals surface area contributed by atoms with Gasteiger partial charge < -0.3 is 5.11 Å². The Morgan fingerprint density at radius 2 is 1.75 bits per heavy atom. The van der Waals surface area contributed by atoms with Gasteiger partial charge in [0.05, 0.1) is 11.8 Å². The van der Waals surface area contributed by atoms with Gasteiger partial charge in [-0.15, -0.1) is 29.6 Å². The first-order chi connectivity index (χ1) is 5.47. The van der Waals surface area contributed by atoms with Gasteiger partial charge in [0.1, 0.15) is 5.60 Å². The van der Waals surface area contributed by atoms with Crippen LogP contribution in [0.1, 0.15) is 13.8 Å². The van der Waals surface area contributed by atoms with Crippen molar-refractivity contribution in [3.05, 3.63) is 0 Å². The first kappa shape index (κ1) is 14.2. The van der Waals surface area contributed by atoms with Gasteiger partial charge in [-0.3, -0.25) is 0 Å². The second-order valence-corrected chi connectivity index (χ2v) is 2.87. The molecule has 12 heavy (non-hydrogen) atoms. The summed E-state index contributed by atoms with van der Waals surface area (Å²) in [7, 11) is 0. The van der Waals surface area contributed by atoms with Gasteiger partial charge in [-0.2, -0.15) is 0 Å². The second-order valence-electron chi connectivity index (χ2n) is 2.33. The van der Waals surface area contributed by atoms with Crippen molar-refractivity contribution in [2.24, 2.45) is 0 Å². The predicted octanol–water partition coefficient (Wildman–Crippen LogP) is 1.86. The van der Waals surface area contributed by atoms with E-state index >= 15 is 0 Å². The van der Waals surface area contributed by atoms with E-state index in [9.17, 15) is 0 Å². The van der Waals surface area contributed by atoms with Gasteiger partial charge in [0.15, 0.2) is 0 Å². The standard InChI is InChI=1S/C6H9ClO.C3H3Cl/c1-6(2,8)4-3-5-7;1-2-3-4/h8H,5H2,1-2H3;1H,3H2. The summed E-state index contributed by atoms with van der Waals surface area (Å²) in [6, 6.07) is 0. The largest absolute Gasteiger partial charge is 0.378 e. The van der Waals surface area contributed by atoms with Gasteiger partial charge >= 0.3 is 0 Å². The molecule has 0 radical (unpaired) electrons. The molecular formula is C9H12Cl2O. The summed E-state index contributed by atoms with van der Waals surface area (Å²) in [4.78, 5) is 0. The van der Waals surface area contributed by atoms with E-state index in [1.165, 1.54) is 0 Å². The van der Waals surface area contributed by atoms with E-state index in [2.05, 4.69) is 24.2 Å². The fourth-order valence-corrected chi connectivity index (χ4v) is 0.317. The summed E-state index contributed by atoms with van der Waals surface area (Å²) in [5, 5.41) is 8.92. The molecule has 1 N–H and O–H groups in total. The second kappa shape index (κ2) is 8.75. The maximum atomic E-state index is 8.92. The van der Waals surface area contributed by atoms with Crippen LogP contribution in [0.15, 0.2) is 0 Å². The van der Waals surface area contributed by atoms with Crippen molar-refractivity contribution in [2.75, 3.05) is 11.8 Å². The summed E-state index contributed by atoms with van der Waals surface area (Å²) in [6.45, 7) is 3.24. The first-order valence-corrected chi connectivity index (χ1v) is 4.32. The molecule has 0 unspecified atom stereocenters. The van der Waals surface area contributed by atoms with Crippen LogP contribution in [0.5, 0.6) is 0 Å². The van der Waals surface area contributed by atoms with Gasteiger partial charge in [-0.1, -0.05) is 17.8 Å². The zero-order valence-electron chi connectivity index (χ0n) is 7.19. The lowest BCUT2D eigenvalue weighted by Gasteiger charge is -2.05. The average Bonchev–Trinajstić information content (AvgIpc) is 2.00. The van der Waals surface area contributed by atoms with Crippen LogP contribution in [0.2, 0.25) is 0 Å². The third kappa shape index (κ3) is 22.6. The minimum atomic E-state index is -0.894. The molecular weight excluding hydrogens is 195 g/mol. The molecule has 0 aliphatic heterocycles. The van der Waals surface area contributed by atoms with Crippen molar-refractivity contribution in [2.45, 2.75) is 19.4 Å². The van der Waals surface area contributed by atoms with Gasteiger partial charge in [-0.05, 0) is 13.8 Å². The monoisotopic (exact) mass is 206 g/mol. The van der Waals surface area contributed by atoms with E-state index < -0.39 is 5.60 Å². The normalized spacial score (nSPS) is 8.33. The fourth-order valence-electron chi connectivity index (χ4n) is 0.250. The maximum Gasteiger partial charge on any atom is 0.120 e. The molecule has 0 heterocycles. The summed E-state index contributed by atoms with van der Waals surface area (Å²) < 4.78 is 0. The van der Waals surface area contributed by atoms with Crippen molar-refractivity contribution in [1.29, 1.82) is 0 Å². The quantitative estimate of drug-likeness (QED) is 0.474. The maximum absolute atomic E-state index is 8.92. The van der Waals surface area contributed by atoms with E-state index in [1.54, 1.807) is 13.8 Å².